The molecule has 1 saturated carbocycles. The maximum atomic E-state index is 5.83. The van der Waals surface area contributed by atoms with Gasteiger partial charge in [0, 0.05) is 13.2 Å². The molecule has 90 valence electrons. The fourth-order valence-electron chi connectivity index (χ4n) is 2.41. The lowest BCUT2D eigenvalue weighted by Crippen LogP contribution is -2.29. The molecule has 3 heteroatoms. The van der Waals surface area contributed by atoms with Gasteiger partial charge in [0.05, 0.1) is 0 Å². The Morgan fingerprint density at radius 1 is 0.867 bits per heavy atom. The van der Waals surface area contributed by atoms with Crippen molar-refractivity contribution in [3.05, 3.63) is 0 Å². The molecular formula is C12H26O2Si. The minimum absolute atomic E-state index is 0.769. The van der Waals surface area contributed by atoms with E-state index < -0.39 is 9.28 Å². The highest BCUT2D eigenvalue weighted by molar-refractivity contribution is 6.46. The molecule has 0 aromatic rings. The molecule has 0 bridgehead atoms. The van der Waals surface area contributed by atoms with Crippen LogP contribution in [-0.2, 0) is 8.85 Å². The molecule has 1 aliphatic rings. The van der Waals surface area contributed by atoms with Crippen LogP contribution >= 0.6 is 0 Å². The van der Waals surface area contributed by atoms with Crippen LogP contribution in [0.25, 0.3) is 0 Å². The van der Waals surface area contributed by atoms with Crippen molar-refractivity contribution in [2.75, 3.05) is 13.2 Å². The summed E-state index contributed by atoms with van der Waals surface area (Å²) in [6.07, 6.45) is 9.71. The Morgan fingerprint density at radius 3 is 1.80 bits per heavy atom. The molecule has 0 aliphatic heterocycles. The predicted molar refractivity (Wildman–Crippen MR) is 66.5 cm³/mol. The summed E-state index contributed by atoms with van der Waals surface area (Å²) in [5.74, 6) is 0. The maximum Gasteiger partial charge on any atom is 0.324 e. The van der Waals surface area contributed by atoms with Crippen LogP contribution in [0.2, 0.25) is 5.54 Å². The Morgan fingerprint density at radius 2 is 1.33 bits per heavy atom. The molecule has 0 aromatic heterocycles. The van der Waals surface area contributed by atoms with E-state index in [0.29, 0.717) is 0 Å². The van der Waals surface area contributed by atoms with Crippen molar-refractivity contribution in [1.82, 2.24) is 0 Å². The summed E-state index contributed by atoms with van der Waals surface area (Å²) >= 11 is 0. The lowest BCUT2D eigenvalue weighted by Gasteiger charge is -2.26. The summed E-state index contributed by atoms with van der Waals surface area (Å²) in [6.45, 7) is 5.82. The Balaban J connectivity index is 2.38. The average molecular weight is 230 g/mol. The van der Waals surface area contributed by atoms with Gasteiger partial charge in [0.2, 0.25) is 0 Å². The van der Waals surface area contributed by atoms with Gasteiger partial charge in [-0.2, -0.15) is 0 Å². The predicted octanol–water partition coefficient (Wildman–Crippen LogP) is 3.39. The molecule has 0 spiro atoms. The van der Waals surface area contributed by atoms with Crippen LogP contribution in [0.1, 0.15) is 58.8 Å². The number of rotatable bonds is 5. The van der Waals surface area contributed by atoms with E-state index in [1.54, 1.807) is 0 Å². The van der Waals surface area contributed by atoms with Crippen molar-refractivity contribution in [3.8, 4) is 0 Å². The van der Waals surface area contributed by atoms with Crippen LogP contribution in [0.4, 0.5) is 0 Å². The van der Waals surface area contributed by atoms with Crippen molar-refractivity contribution in [3.63, 3.8) is 0 Å². The van der Waals surface area contributed by atoms with Crippen LogP contribution in [0.15, 0.2) is 0 Å². The Labute approximate surface area is 96.2 Å². The first-order valence-corrected chi connectivity index (χ1v) is 8.22. The first-order valence-electron chi connectivity index (χ1n) is 6.61. The molecular weight excluding hydrogens is 204 g/mol. The second kappa shape index (κ2) is 8.31. The lowest BCUT2D eigenvalue weighted by atomic mass is 10.0. The molecule has 1 rings (SSSR count). The van der Waals surface area contributed by atoms with Crippen molar-refractivity contribution < 1.29 is 8.85 Å². The van der Waals surface area contributed by atoms with Crippen LogP contribution in [0, 0.1) is 0 Å². The summed E-state index contributed by atoms with van der Waals surface area (Å²) in [7, 11) is -1.36. The zero-order chi connectivity index (χ0) is 10.9. The highest BCUT2D eigenvalue weighted by Crippen LogP contribution is 2.30. The third-order valence-electron chi connectivity index (χ3n) is 3.20. The van der Waals surface area contributed by atoms with Gasteiger partial charge in [-0.15, -0.1) is 0 Å². The minimum Gasteiger partial charge on any atom is -0.397 e. The van der Waals surface area contributed by atoms with Crippen molar-refractivity contribution in [1.29, 1.82) is 0 Å². The summed E-state index contributed by atoms with van der Waals surface area (Å²) in [6, 6.07) is 0. The monoisotopic (exact) mass is 230 g/mol. The average Bonchev–Trinajstić information content (AvgIpc) is 2.17. The van der Waals surface area contributed by atoms with Gasteiger partial charge >= 0.3 is 9.28 Å². The molecule has 0 N–H and O–H groups in total. The van der Waals surface area contributed by atoms with Crippen LogP contribution in [-0.4, -0.2) is 22.5 Å². The summed E-state index contributed by atoms with van der Waals surface area (Å²) in [5.41, 5.74) is 0.769. The van der Waals surface area contributed by atoms with E-state index >= 15 is 0 Å². The van der Waals surface area contributed by atoms with Gasteiger partial charge in [-0.25, -0.2) is 0 Å². The van der Waals surface area contributed by atoms with Gasteiger partial charge in [-0.05, 0) is 32.2 Å². The minimum atomic E-state index is -1.36. The quantitative estimate of drug-likeness (QED) is 0.674. The van der Waals surface area contributed by atoms with Gasteiger partial charge in [-0.1, -0.05) is 32.1 Å². The Kier molecular flexibility index (Phi) is 7.31. The van der Waals surface area contributed by atoms with Crippen molar-refractivity contribution in [2.24, 2.45) is 0 Å². The molecule has 2 nitrogen and oxygen atoms in total. The topological polar surface area (TPSA) is 18.5 Å². The Hall–Kier alpha value is 0.137. The van der Waals surface area contributed by atoms with Gasteiger partial charge in [-0.3, -0.25) is 0 Å². The highest BCUT2D eigenvalue weighted by Gasteiger charge is 2.25. The number of hydrogen-bond donors (Lipinski definition) is 0. The van der Waals surface area contributed by atoms with Crippen LogP contribution in [0.5, 0.6) is 0 Å². The lowest BCUT2D eigenvalue weighted by molar-refractivity contribution is 0.198. The molecule has 0 saturated heterocycles. The smallest absolute Gasteiger partial charge is 0.324 e. The highest BCUT2D eigenvalue weighted by atomic mass is 28.3. The van der Waals surface area contributed by atoms with E-state index in [1.807, 2.05) is 0 Å². The van der Waals surface area contributed by atoms with Gasteiger partial charge in [0.25, 0.3) is 0 Å². The molecule has 0 unspecified atom stereocenters. The standard InChI is InChI=1S/C12H26O2Si/c1-3-13-15(14-4-2)12-10-8-6-5-7-9-11-12/h12,15H,3-11H2,1-2H3. The zero-order valence-corrected chi connectivity index (χ0v) is 11.5. The summed E-state index contributed by atoms with van der Waals surface area (Å²) in [4.78, 5) is 0. The SMILES string of the molecule is CCO[SiH](OCC)C1CCCCCCC1. The molecule has 0 radical (unpaired) electrons. The first kappa shape index (κ1) is 13.2. The second-order valence-corrected chi connectivity index (χ2v) is 6.73. The van der Waals surface area contributed by atoms with Gasteiger partial charge < -0.3 is 8.85 Å². The third-order valence-corrected chi connectivity index (χ3v) is 5.96. The fourth-order valence-corrected chi connectivity index (χ4v) is 4.72. The van der Waals surface area contributed by atoms with E-state index in [2.05, 4.69) is 13.8 Å². The normalized spacial score (nSPS) is 20.2. The van der Waals surface area contributed by atoms with E-state index in [9.17, 15) is 0 Å². The van der Waals surface area contributed by atoms with E-state index in [-0.39, 0.29) is 0 Å². The molecule has 15 heavy (non-hydrogen) atoms. The summed E-state index contributed by atoms with van der Waals surface area (Å²) in [5, 5.41) is 0. The van der Waals surface area contributed by atoms with Crippen LogP contribution in [0.3, 0.4) is 0 Å². The van der Waals surface area contributed by atoms with Crippen LogP contribution < -0.4 is 0 Å². The third kappa shape index (κ3) is 5.14. The number of hydrogen-bond acceptors (Lipinski definition) is 2. The maximum absolute atomic E-state index is 5.83. The molecule has 0 heterocycles. The summed E-state index contributed by atoms with van der Waals surface area (Å²) < 4.78 is 11.7. The molecule has 1 aliphatic carbocycles. The van der Waals surface area contributed by atoms with Crippen molar-refractivity contribution in [2.45, 2.75) is 64.3 Å². The molecule has 0 aromatic carbocycles. The largest absolute Gasteiger partial charge is 0.397 e. The first-order chi connectivity index (χ1) is 7.38. The van der Waals surface area contributed by atoms with E-state index in [1.165, 1.54) is 44.9 Å². The molecule has 0 amide bonds. The Bertz CT molecular complexity index is 139. The van der Waals surface area contributed by atoms with Gasteiger partial charge in [0.15, 0.2) is 0 Å². The van der Waals surface area contributed by atoms with E-state index in [0.717, 1.165) is 18.8 Å². The molecule has 0 atom stereocenters. The fraction of sp³-hybridized carbons (Fsp3) is 1.00. The zero-order valence-electron chi connectivity index (χ0n) is 10.3. The van der Waals surface area contributed by atoms with Crippen molar-refractivity contribution >= 4 is 9.28 Å². The van der Waals surface area contributed by atoms with Gasteiger partial charge in [0.1, 0.15) is 0 Å². The van der Waals surface area contributed by atoms with E-state index in [4.69, 9.17) is 8.85 Å². The molecule has 1 fully saturated rings. The second-order valence-electron chi connectivity index (χ2n) is 4.38.